The zero-order valence-electron chi connectivity index (χ0n) is 15.2. The Morgan fingerprint density at radius 3 is 2.63 bits per heavy atom. The summed E-state index contributed by atoms with van der Waals surface area (Å²) in [6, 6.07) is 12.7. The molecule has 0 fully saturated rings. The van der Waals surface area contributed by atoms with Crippen LogP contribution in [0.25, 0.3) is 16.4 Å². The molecule has 2 aromatic heterocycles. The second kappa shape index (κ2) is 8.59. The number of carbonyl (C=O) groups excluding carboxylic acids is 2. The molecular formula is C19H21N5O2S. The Bertz CT molecular complexity index is 906. The SMILES string of the molecule is CCCNC(=O)[C@H](C)NC(=O)c1nc(-c2cccs2)n(-c2ccccc2)n1. The van der Waals surface area contributed by atoms with Crippen molar-refractivity contribution in [1.82, 2.24) is 25.4 Å². The van der Waals surface area contributed by atoms with Gasteiger partial charge in [0.2, 0.25) is 11.7 Å². The van der Waals surface area contributed by atoms with Gasteiger partial charge in [0.1, 0.15) is 6.04 Å². The third kappa shape index (κ3) is 4.40. The van der Waals surface area contributed by atoms with E-state index in [9.17, 15) is 9.59 Å². The zero-order valence-corrected chi connectivity index (χ0v) is 16.0. The lowest BCUT2D eigenvalue weighted by molar-refractivity contribution is -0.122. The molecule has 0 aliphatic heterocycles. The molecule has 27 heavy (non-hydrogen) atoms. The number of nitrogens with zero attached hydrogens (tertiary/aromatic N) is 3. The summed E-state index contributed by atoms with van der Waals surface area (Å²) >= 11 is 1.52. The number of hydrogen-bond acceptors (Lipinski definition) is 5. The van der Waals surface area contributed by atoms with Crippen molar-refractivity contribution in [2.45, 2.75) is 26.3 Å². The average molecular weight is 383 g/mol. The molecule has 0 unspecified atom stereocenters. The number of rotatable bonds is 7. The highest BCUT2D eigenvalue weighted by atomic mass is 32.1. The van der Waals surface area contributed by atoms with Crippen LogP contribution in [0.3, 0.4) is 0 Å². The summed E-state index contributed by atoms with van der Waals surface area (Å²) in [6.45, 7) is 4.18. The van der Waals surface area contributed by atoms with E-state index in [1.807, 2.05) is 54.8 Å². The number of thiophene rings is 1. The third-order valence-electron chi connectivity index (χ3n) is 3.84. The van der Waals surface area contributed by atoms with E-state index in [2.05, 4.69) is 20.7 Å². The Kier molecular flexibility index (Phi) is 5.97. The van der Waals surface area contributed by atoms with Crippen molar-refractivity contribution in [2.24, 2.45) is 0 Å². The van der Waals surface area contributed by atoms with Gasteiger partial charge in [-0.1, -0.05) is 31.2 Å². The van der Waals surface area contributed by atoms with Crippen molar-refractivity contribution in [3.05, 3.63) is 53.7 Å². The molecule has 0 saturated heterocycles. The van der Waals surface area contributed by atoms with Gasteiger partial charge in [0.15, 0.2) is 5.82 Å². The van der Waals surface area contributed by atoms with E-state index in [1.54, 1.807) is 11.6 Å². The van der Waals surface area contributed by atoms with Crippen molar-refractivity contribution in [2.75, 3.05) is 6.54 Å². The molecule has 8 heteroatoms. The molecule has 3 rings (SSSR count). The van der Waals surface area contributed by atoms with Crippen molar-refractivity contribution < 1.29 is 9.59 Å². The molecule has 0 bridgehead atoms. The number of hydrogen-bond donors (Lipinski definition) is 2. The molecule has 2 N–H and O–H groups in total. The number of nitrogens with one attached hydrogen (secondary N) is 2. The van der Waals surface area contributed by atoms with Crippen molar-refractivity contribution in [3.8, 4) is 16.4 Å². The van der Waals surface area contributed by atoms with Crippen LogP contribution in [0.15, 0.2) is 47.8 Å². The van der Waals surface area contributed by atoms with Crippen molar-refractivity contribution in [1.29, 1.82) is 0 Å². The van der Waals surface area contributed by atoms with Gasteiger partial charge in [0.25, 0.3) is 5.91 Å². The number of benzene rings is 1. The van der Waals surface area contributed by atoms with Gasteiger partial charge >= 0.3 is 0 Å². The van der Waals surface area contributed by atoms with Crippen LogP contribution in [0.4, 0.5) is 0 Å². The lowest BCUT2D eigenvalue weighted by atomic mass is 10.3. The number of carbonyl (C=O) groups is 2. The van der Waals surface area contributed by atoms with Crippen LogP contribution in [0.2, 0.25) is 0 Å². The van der Waals surface area contributed by atoms with Crippen LogP contribution in [0.5, 0.6) is 0 Å². The lowest BCUT2D eigenvalue weighted by Crippen LogP contribution is -2.45. The average Bonchev–Trinajstić information content (AvgIpc) is 3.36. The predicted octanol–water partition coefficient (Wildman–Crippen LogP) is 2.64. The van der Waals surface area contributed by atoms with E-state index in [0.717, 1.165) is 17.0 Å². The monoisotopic (exact) mass is 383 g/mol. The summed E-state index contributed by atoms with van der Waals surface area (Å²) in [5, 5.41) is 11.7. The smallest absolute Gasteiger partial charge is 0.291 e. The zero-order chi connectivity index (χ0) is 19.2. The van der Waals surface area contributed by atoms with E-state index >= 15 is 0 Å². The Morgan fingerprint density at radius 1 is 1.19 bits per heavy atom. The number of aromatic nitrogens is 3. The van der Waals surface area contributed by atoms with E-state index in [4.69, 9.17) is 0 Å². The lowest BCUT2D eigenvalue weighted by Gasteiger charge is -2.12. The van der Waals surface area contributed by atoms with Crippen LogP contribution in [0.1, 0.15) is 30.9 Å². The molecule has 2 amide bonds. The Hall–Kier alpha value is -3.00. The summed E-state index contributed by atoms with van der Waals surface area (Å²) in [5.74, 6) is -0.102. The van der Waals surface area contributed by atoms with E-state index < -0.39 is 11.9 Å². The molecule has 0 aliphatic carbocycles. The minimum absolute atomic E-state index is 0.0254. The summed E-state index contributed by atoms with van der Waals surface area (Å²) in [5.41, 5.74) is 0.807. The fourth-order valence-electron chi connectivity index (χ4n) is 2.45. The highest BCUT2D eigenvalue weighted by Gasteiger charge is 2.22. The van der Waals surface area contributed by atoms with Gasteiger partial charge < -0.3 is 10.6 Å². The normalized spacial score (nSPS) is 11.8. The minimum atomic E-state index is -0.669. The first-order chi connectivity index (χ1) is 13.1. The molecule has 140 valence electrons. The summed E-state index contributed by atoms with van der Waals surface area (Å²) in [4.78, 5) is 29.9. The standard InChI is InChI=1S/C19H21N5O2S/c1-3-11-20-18(25)13(2)21-19(26)16-22-17(15-10-7-12-27-15)24(23-16)14-8-5-4-6-9-14/h4-10,12-13H,3,11H2,1-2H3,(H,20,25)(H,21,26)/t13-/m0/s1. The Balaban J connectivity index is 1.86. The number of amides is 2. The first-order valence-electron chi connectivity index (χ1n) is 8.75. The third-order valence-corrected chi connectivity index (χ3v) is 4.71. The second-order valence-electron chi connectivity index (χ2n) is 5.97. The van der Waals surface area contributed by atoms with Gasteiger partial charge in [-0.25, -0.2) is 9.67 Å². The van der Waals surface area contributed by atoms with Gasteiger partial charge in [0, 0.05) is 6.54 Å². The predicted molar refractivity (Wildman–Crippen MR) is 105 cm³/mol. The van der Waals surface area contributed by atoms with Crippen molar-refractivity contribution >= 4 is 23.2 Å². The fraction of sp³-hybridized carbons (Fsp3) is 0.263. The first-order valence-corrected chi connectivity index (χ1v) is 9.63. The van der Waals surface area contributed by atoms with Gasteiger partial charge in [-0.3, -0.25) is 9.59 Å². The quantitative estimate of drug-likeness (QED) is 0.656. The summed E-state index contributed by atoms with van der Waals surface area (Å²) in [6.07, 6.45) is 0.833. The number of para-hydroxylation sites is 1. The molecular weight excluding hydrogens is 362 g/mol. The molecule has 3 aromatic rings. The van der Waals surface area contributed by atoms with Gasteiger partial charge in [0.05, 0.1) is 10.6 Å². The molecule has 0 saturated carbocycles. The van der Waals surface area contributed by atoms with E-state index in [1.165, 1.54) is 11.3 Å². The minimum Gasteiger partial charge on any atom is -0.354 e. The highest BCUT2D eigenvalue weighted by molar-refractivity contribution is 7.13. The molecule has 2 heterocycles. The summed E-state index contributed by atoms with van der Waals surface area (Å²) < 4.78 is 1.64. The maximum Gasteiger partial charge on any atom is 0.291 e. The molecule has 0 aliphatic rings. The van der Waals surface area contributed by atoms with Gasteiger partial charge in [-0.05, 0) is 36.9 Å². The molecule has 0 spiro atoms. The maximum absolute atomic E-state index is 12.6. The Morgan fingerprint density at radius 2 is 1.96 bits per heavy atom. The highest BCUT2D eigenvalue weighted by Crippen LogP contribution is 2.25. The van der Waals surface area contributed by atoms with E-state index in [-0.39, 0.29) is 11.7 Å². The molecule has 1 atom stereocenters. The second-order valence-corrected chi connectivity index (χ2v) is 6.92. The van der Waals surface area contributed by atoms with Crippen LogP contribution >= 0.6 is 11.3 Å². The fourth-order valence-corrected chi connectivity index (χ4v) is 3.15. The van der Waals surface area contributed by atoms with Gasteiger partial charge in [-0.2, -0.15) is 0 Å². The molecule has 7 nitrogen and oxygen atoms in total. The first kappa shape index (κ1) is 18.8. The molecule has 1 aromatic carbocycles. The van der Waals surface area contributed by atoms with Crippen LogP contribution in [-0.2, 0) is 4.79 Å². The van der Waals surface area contributed by atoms with Crippen molar-refractivity contribution in [3.63, 3.8) is 0 Å². The van der Waals surface area contributed by atoms with Crippen LogP contribution in [0, 0.1) is 0 Å². The maximum atomic E-state index is 12.6. The van der Waals surface area contributed by atoms with Gasteiger partial charge in [-0.15, -0.1) is 16.4 Å². The van der Waals surface area contributed by atoms with Crippen LogP contribution < -0.4 is 10.6 Å². The Labute approximate surface area is 161 Å². The van der Waals surface area contributed by atoms with Crippen LogP contribution in [-0.4, -0.2) is 39.2 Å². The summed E-state index contributed by atoms with van der Waals surface area (Å²) in [7, 11) is 0. The topological polar surface area (TPSA) is 88.9 Å². The largest absolute Gasteiger partial charge is 0.354 e. The van der Waals surface area contributed by atoms with E-state index in [0.29, 0.717) is 12.4 Å². The molecule has 0 radical (unpaired) electrons.